The molecule has 2 N–H and O–H groups in total. The summed E-state index contributed by atoms with van der Waals surface area (Å²) in [6.07, 6.45) is 0.309. The molecule has 1 heterocycles. The van der Waals surface area contributed by atoms with E-state index in [4.69, 9.17) is 15.7 Å². The van der Waals surface area contributed by atoms with E-state index in [2.05, 4.69) is 11.1 Å². The van der Waals surface area contributed by atoms with Crippen LogP contribution in [0.5, 0.6) is 5.75 Å². The van der Waals surface area contributed by atoms with E-state index < -0.39 is 5.54 Å². The number of aromatic nitrogens is 1. The van der Waals surface area contributed by atoms with Crippen LogP contribution in [-0.4, -0.2) is 16.6 Å². The number of benzene rings is 1. The van der Waals surface area contributed by atoms with Crippen molar-refractivity contribution >= 4 is 10.9 Å². The highest BCUT2D eigenvalue weighted by atomic mass is 16.5. The maximum absolute atomic E-state index is 8.97. The van der Waals surface area contributed by atoms with Gasteiger partial charge in [-0.3, -0.25) is 0 Å². The summed E-state index contributed by atoms with van der Waals surface area (Å²) >= 11 is 0. The molecule has 1 aromatic carbocycles. The van der Waals surface area contributed by atoms with Gasteiger partial charge in [-0.15, -0.1) is 0 Å². The second kappa shape index (κ2) is 5.48. The Balaban J connectivity index is 2.26. The summed E-state index contributed by atoms with van der Waals surface area (Å²) in [5, 5.41) is 10.0. The molecule has 0 amide bonds. The normalized spacial score (nSPS) is 15.3. The monoisotopic (exact) mass is 269 g/mol. The van der Waals surface area contributed by atoms with Gasteiger partial charge in [-0.2, -0.15) is 5.26 Å². The second-order valence-corrected chi connectivity index (χ2v) is 5.44. The minimum absolute atomic E-state index is 0.155. The van der Waals surface area contributed by atoms with Gasteiger partial charge in [0, 0.05) is 17.5 Å². The molecule has 1 aromatic heterocycles. The van der Waals surface area contributed by atoms with Gasteiger partial charge in [0.1, 0.15) is 16.8 Å². The Hall–Kier alpha value is -2.12. The third kappa shape index (κ3) is 3.25. The van der Waals surface area contributed by atoms with Crippen molar-refractivity contribution in [2.45, 2.75) is 38.8 Å². The Morgan fingerprint density at radius 3 is 2.85 bits per heavy atom. The molecule has 0 aliphatic carbocycles. The number of aryl methyl sites for hydroxylation is 1. The molecule has 0 bridgehead atoms. The van der Waals surface area contributed by atoms with Crippen molar-refractivity contribution < 1.29 is 4.74 Å². The van der Waals surface area contributed by atoms with Gasteiger partial charge in [-0.1, -0.05) is 18.2 Å². The van der Waals surface area contributed by atoms with Crippen molar-refractivity contribution in [3.8, 4) is 11.8 Å². The first kappa shape index (κ1) is 14.3. The fourth-order valence-corrected chi connectivity index (χ4v) is 2.21. The molecule has 4 nitrogen and oxygen atoms in total. The average molecular weight is 269 g/mol. The van der Waals surface area contributed by atoms with Crippen LogP contribution in [0.2, 0.25) is 0 Å². The van der Waals surface area contributed by atoms with Gasteiger partial charge < -0.3 is 10.5 Å². The minimum atomic E-state index is -0.882. The van der Waals surface area contributed by atoms with Gasteiger partial charge in [0.05, 0.1) is 12.2 Å². The number of rotatable bonds is 4. The highest BCUT2D eigenvalue weighted by Gasteiger charge is 2.22. The van der Waals surface area contributed by atoms with Crippen LogP contribution in [0.15, 0.2) is 30.3 Å². The number of hydrogen-bond acceptors (Lipinski definition) is 4. The number of pyridine rings is 1. The first-order valence-electron chi connectivity index (χ1n) is 6.64. The third-order valence-corrected chi connectivity index (χ3v) is 3.12. The molecule has 2 aromatic rings. The van der Waals surface area contributed by atoms with Gasteiger partial charge in [-0.25, -0.2) is 4.98 Å². The van der Waals surface area contributed by atoms with Gasteiger partial charge in [0.25, 0.3) is 0 Å². The van der Waals surface area contributed by atoms with Crippen LogP contribution < -0.4 is 10.5 Å². The summed E-state index contributed by atoms with van der Waals surface area (Å²) in [7, 11) is 0. The molecule has 0 saturated carbocycles. The topological polar surface area (TPSA) is 71.9 Å². The van der Waals surface area contributed by atoms with Crippen LogP contribution >= 0.6 is 0 Å². The van der Waals surface area contributed by atoms with E-state index in [0.717, 1.165) is 22.3 Å². The Bertz CT molecular complexity index is 658. The molecule has 0 spiro atoms. The van der Waals surface area contributed by atoms with Crippen molar-refractivity contribution in [1.82, 2.24) is 4.98 Å². The second-order valence-electron chi connectivity index (χ2n) is 5.44. The SMILES string of the molecule is Cc1ccc2cccc(OC(C)CC(C)(N)C#N)c2n1. The lowest BCUT2D eigenvalue weighted by molar-refractivity contribution is 0.193. The zero-order valence-corrected chi connectivity index (χ0v) is 12.1. The van der Waals surface area contributed by atoms with Gasteiger partial charge >= 0.3 is 0 Å². The molecule has 0 aliphatic rings. The lowest BCUT2D eigenvalue weighted by atomic mass is 9.98. The molecule has 0 saturated heterocycles. The number of nitrogens with two attached hydrogens (primary N) is 1. The number of ether oxygens (including phenoxy) is 1. The van der Waals surface area contributed by atoms with E-state index in [0.29, 0.717) is 6.42 Å². The van der Waals surface area contributed by atoms with Crippen molar-refractivity contribution in [1.29, 1.82) is 5.26 Å². The van der Waals surface area contributed by atoms with E-state index in [1.807, 2.05) is 44.2 Å². The van der Waals surface area contributed by atoms with E-state index in [-0.39, 0.29) is 6.10 Å². The van der Waals surface area contributed by atoms with Crippen LogP contribution in [0.4, 0.5) is 0 Å². The highest BCUT2D eigenvalue weighted by Crippen LogP contribution is 2.26. The molecule has 2 unspecified atom stereocenters. The Kier molecular flexibility index (Phi) is 3.91. The standard InChI is InChI=1S/C16H19N3O/c1-11-7-8-13-5-4-6-14(15(13)19-11)20-12(2)9-16(3,18)10-17/h4-8,12H,9,18H2,1-3H3. The highest BCUT2D eigenvalue weighted by molar-refractivity contribution is 5.84. The lowest BCUT2D eigenvalue weighted by Crippen LogP contribution is -2.38. The van der Waals surface area contributed by atoms with Gasteiger partial charge in [-0.05, 0) is 32.9 Å². The summed E-state index contributed by atoms with van der Waals surface area (Å²) in [5.41, 5.74) is 6.76. The largest absolute Gasteiger partial charge is 0.488 e. The number of hydrogen-bond donors (Lipinski definition) is 1. The molecule has 0 aliphatic heterocycles. The average Bonchev–Trinajstić information content (AvgIpc) is 2.39. The molecule has 4 heteroatoms. The quantitative estimate of drug-likeness (QED) is 0.926. The minimum Gasteiger partial charge on any atom is -0.488 e. The van der Waals surface area contributed by atoms with Crippen molar-refractivity contribution in [3.05, 3.63) is 36.0 Å². The molecular weight excluding hydrogens is 250 g/mol. The van der Waals surface area contributed by atoms with Crippen LogP contribution in [0, 0.1) is 18.3 Å². The van der Waals surface area contributed by atoms with E-state index in [9.17, 15) is 0 Å². The smallest absolute Gasteiger partial charge is 0.145 e. The molecule has 104 valence electrons. The summed E-state index contributed by atoms with van der Waals surface area (Å²) in [6.45, 7) is 5.57. The van der Waals surface area contributed by atoms with Crippen molar-refractivity contribution in [2.24, 2.45) is 5.73 Å². The predicted octanol–water partition coefficient (Wildman–Crippen LogP) is 2.94. The third-order valence-electron chi connectivity index (χ3n) is 3.12. The molecule has 20 heavy (non-hydrogen) atoms. The van der Waals surface area contributed by atoms with Crippen molar-refractivity contribution in [2.75, 3.05) is 0 Å². The summed E-state index contributed by atoms with van der Waals surface area (Å²) in [6, 6.07) is 11.9. The van der Waals surface area contributed by atoms with E-state index >= 15 is 0 Å². The van der Waals surface area contributed by atoms with E-state index in [1.54, 1.807) is 6.92 Å². The zero-order chi connectivity index (χ0) is 14.8. The van der Waals surface area contributed by atoms with Crippen LogP contribution in [0.25, 0.3) is 10.9 Å². The number of fused-ring (bicyclic) bond motifs is 1. The number of para-hydroxylation sites is 1. The molecule has 0 fully saturated rings. The summed E-state index contributed by atoms with van der Waals surface area (Å²) in [5.74, 6) is 0.729. The first-order valence-corrected chi connectivity index (χ1v) is 6.64. The first-order chi connectivity index (χ1) is 9.41. The van der Waals surface area contributed by atoms with Crippen LogP contribution in [0.1, 0.15) is 26.0 Å². The van der Waals surface area contributed by atoms with Crippen LogP contribution in [0.3, 0.4) is 0 Å². The number of nitriles is 1. The van der Waals surface area contributed by atoms with Crippen LogP contribution in [-0.2, 0) is 0 Å². The maximum atomic E-state index is 8.97. The lowest BCUT2D eigenvalue weighted by Gasteiger charge is -2.22. The van der Waals surface area contributed by atoms with E-state index in [1.165, 1.54) is 0 Å². The van der Waals surface area contributed by atoms with Gasteiger partial charge in [0.2, 0.25) is 0 Å². The fraction of sp³-hybridized carbons (Fsp3) is 0.375. The Morgan fingerprint density at radius 1 is 1.40 bits per heavy atom. The molecule has 0 radical (unpaired) electrons. The zero-order valence-electron chi connectivity index (χ0n) is 12.1. The molecule has 2 rings (SSSR count). The fourth-order valence-electron chi connectivity index (χ4n) is 2.21. The predicted molar refractivity (Wildman–Crippen MR) is 79.4 cm³/mol. The Labute approximate surface area is 119 Å². The van der Waals surface area contributed by atoms with Gasteiger partial charge in [0.15, 0.2) is 0 Å². The van der Waals surface area contributed by atoms with Crippen molar-refractivity contribution in [3.63, 3.8) is 0 Å². The Morgan fingerprint density at radius 2 is 2.15 bits per heavy atom. The molecule has 2 atom stereocenters. The molecular formula is C16H19N3O. The maximum Gasteiger partial charge on any atom is 0.145 e. The summed E-state index contributed by atoms with van der Waals surface area (Å²) in [4.78, 5) is 4.52. The summed E-state index contributed by atoms with van der Waals surface area (Å²) < 4.78 is 5.93. The number of nitrogens with zero attached hydrogens (tertiary/aromatic N) is 2.